The Morgan fingerprint density at radius 1 is 0.737 bits per heavy atom. The minimum atomic E-state index is -4.50. The summed E-state index contributed by atoms with van der Waals surface area (Å²) < 4.78 is 48.7. The minimum Gasteiger partial charge on any atom is -0.467 e. The number of halogens is 3. The van der Waals surface area contributed by atoms with Crippen molar-refractivity contribution >= 4 is 18.0 Å². The van der Waals surface area contributed by atoms with E-state index < -0.39 is 41.8 Å². The van der Waals surface area contributed by atoms with Crippen LogP contribution in [-0.2, 0) is 44.7 Å². The Labute approximate surface area is 218 Å². The fraction of sp³-hybridized carbons (Fsp3) is 0.250. The van der Waals surface area contributed by atoms with E-state index in [0.717, 1.165) is 30.4 Å². The second-order valence-electron chi connectivity index (χ2n) is 8.43. The second-order valence-corrected chi connectivity index (χ2v) is 8.43. The summed E-state index contributed by atoms with van der Waals surface area (Å²) in [4.78, 5) is 38.1. The van der Waals surface area contributed by atoms with Gasteiger partial charge < -0.3 is 20.1 Å². The molecule has 0 spiro atoms. The van der Waals surface area contributed by atoms with Gasteiger partial charge in [-0.2, -0.15) is 13.2 Å². The van der Waals surface area contributed by atoms with E-state index >= 15 is 0 Å². The van der Waals surface area contributed by atoms with Gasteiger partial charge in [-0.05, 0) is 28.8 Å². The molecule has 3 rings (SSSR count). The van der Waals surface area contributed by atoms with E-state index in [1.807, 2.05) is 6.07 Å². The van der Waals surface area contributed by atoms with Crippen LogP contribution in [0.15, 0.2) is 84.9 Å². The number of benzene rings is 3. The SMILES string of the molecule is COC(=O)[C@H](Cc1ccc(C(F)(F)F)cc1)NC(=O)[C@@H](Cc1ccccc1)NC(=O)OCc1ccccc1. The fourth-order valence-corrected chi connectivity index (χ4v) is 3.64. The lowest BCUT2D eigenvalue weighted by Gasteiger charge is -2.22. The normalized spacial score (nSPS) is 12.6. The first-order chi connectivity index (χ1) is 18.2. The number of amides is 2. The maximum Gasteiger partial charge on any atom is 0.416 e. The van der Waals surface area contributed by atoms with Crippen LogP contribution in [0, 0.1) is 0 Å². The number of nitrogens with one attached hydrogen (secondary N) is 2. The summed E-state index contributed by atoms with van der Waals surface area (Å²) in [5, 5.41) is 5.09. The number of hydrogen-bond acceptors (Lipinski definition) is 5. The van der Waals surface area contributed by atoms with Gasteiger partial charge in [-0.3, -0.25) is 4.79 Å². The molecule has 0 aliphatic heterocycles. The summed E-state index contributed by atoms with van der Waals surface area (Å²) in [6, 6.07) is 19.8. The molecule has 38 heavy (non-hydrogen) atoms. The van der Waals surface area contributed by atoms with Crippen molar-refractivity contribution < 1.29 is 37.0 Å². The zero-order valence-electron chi connectivity index (χ0n) is 20.5. The maximum absolute atomic E-state index is 13.2. The Kier molecular flexibility index (Phi) is 9.86. The fourth-order valence-electron chi connectivity index (χ4n) is 3.64. The molecule has 0 heterocycles. The van der Waals surface area contributed by atoms with Crippen molar-refractivity contribution in [3.63, 3.8) is 0 Å². The lowest BCUT2D eigenvalue weighted by molar-refractivity contribution is -0.145. The Balaban J connectivity index is 1.72. The molecule has 0 aromatic heterocycles. The first kappa shape index (κ1) is 28.2. The van der Waals surface area contributed by atoms with Crippen LogP contribution in [0.3, 0.4) is 0 Å². The quantitative estimate of drug-likeness (QED) is 0.380. The van der Waals surface area contributed by atoms with Gasteiger partial charge in [0.2, 0.25) is 5.91 Å². The van der Waals surface area contributed by atoms with Gasteiger partial charge >= 0.3 is 18.2 Å². The largest absolute Gasteiger partial charge is 0.467 e. The van der Waals surface area contributed by atoms with Crippen molar-refractivity contribution in [1.29, 1.82) is 0 Å². The van der Waals surface area contributed by atoms with Crippen LogP contribution in [0.5, 0.6) is 0 Å². The predicted octanol–water partition coefficient (Wildman–Crippen LogP) is 4.44. The summed E-state index contributed by atoms with van der Waals surface area (Å²) in [6.45, 7) is -0.00887. The number of carbonyl (C=O) groups is 3. The summed E-state index contributed by atoms with van der Waals surface area (Å²) in [5.74, 6) is -1.48. The molecule has 0 fully saturated rings. The summed E-state index contributed by atoms with van der Waals surface area (Å²) in [7, 11) is 1.13. The molecule has 0 saturated carbocycles. The van der Waals surface area contributed by atoms with Crippen molar-refractivity contribution in [2.45, 2.75) is 37.7 Å². The third-order valence-electron chi connectivity index (χ3n) is 5.63. The molecule has 200 valence electrons. The van der Waals surface area contributed by atoms with Crippen LogP contribution >= 0.6 is 0 Å². The van der Waals surface area contributed by atoms with Crippen molar-refractivity contribution in [2.24, 2.45) is 0 Å². The van der Waals surface area contributed by atoms with Gasteiger partial charge in [-0.15, -0.1) is 0 Å². The van der Waals surface area contributed by atoms with Crippen LogP contribution < -0.4 is 10.6 Å². The molecule has 2 atom stereocenters. The summed E-state index contributed by atoms with van der Waals surface area (Å²) >= 11 is 0. The molecule has 3 aromatic rings. The highest BCUT2D eigenvalue weighted by molar-refractivity contribution is 5.90. The van der Waals surface area contributed by atoms with Crippen molar-refractivity contribution in [3.05, 3.63) is 107 Å². The van der Waals surface area contributed by atoms with Crippen molar-refractivity contribution in [1.82, 2.24) is 10.6 Å². The highest BCUT2D eigenvalue weighted by Crippen LogP contribution is 2.29. The number of alkyl carbamates (subject to hydrolysis) is 1. The van der Waals surface area contributed by atoms with E-state index in [0.29, 0.717) is 5.56 Å². The molecular formula is C28H27F3N2O5. The standard InChI is InChI=1S/C28H27F3N2O5/c1-37-26(35)24(17-20-12-14-22(15-13-20)28(29,30)31)32-25(34)23(16-19-8-4-2-5-9-19)33-27(36)38-18-21-10-6-3-7-11-21/h2-15,23-24H,16-18H2,1H3,(H,32,34)(H,33,36)/t23-,24+/m1/s1. The molecule has 3 aromatic carbocycles. The van der Waals surface area contributed by atoms with Gasteiger partial charge in [-0.1, -0.05) is 72.8 Å². The maximum atomic E-state index is 13.2. The highest BCUT2D eigenvalue weighted by atomic mass is 19.4. The number of carbonyl (C=O) groups excluding carboxylic acids is 3. The molecule has 2 N–H and O–H groups in total. The summed E-state index contributed by atoms with van der Waals surface area (Å²) in [6.07, 6.45) is -5.35. The van der Waals surface area contributed by atoms with Gasteiger partial charge in [0.15, 0.2) is 0 Å². The topological polar surface area (TPSA) is 93.7 Å². The molecule has 10 heteroatoms. The molecule has 0 aliphatic carbocycles. The first-order valence-electron chi connectivity index (χ1n) is 11.7. The number of rotatable bonds is 10. The monoisotopic (exact) mass is 528 g/mol. The number of ether oxygens (including phenoxy) is 2. The van der Waals surface area contributed by atoms with Crippen LogP contribution in [0.1, 0.15) is 22.3 Å². The van der Waals surface area contributed by atoms with Crippen LogP contribution in [-0.4, -0.2) is 37.2 Å². The first-order valence-corrected chi connectivity index (χ1v) is 11.7. The Morgan fingerprint density at radius 2 is 1.26 bits per heavy atom. The lowest BCUT2D eigenvalue weighted by Crippen LogP contribution is -2.53. The Bertz CT molecular complexity index is 1200. The highest BCUT2D eigenvalue weighted by Gasteiger charge is 2.31. The van der Waals surface area contributed by atoms with Gasteiger partial charge in [0.05, 0.1) is 12.7 Å². The molecule has 0 aliphatic rings. The van der Waals surface area contributed by atoms with E-state index in [1.54, 1.807) is 54.6 Å². The third kappa shape index (κ3) is 8.65. The number of hydrogen-bond donors (Lipinski definition) is 2. The van der Waals surface area contributed by atoms with E-state index in [2.05, 4.69) is 10.6 Å². The van der Waals surface area contributed by atoms with Crippen molar-refractivity contribution in [2.75, 3.05) is 7.11 Å². The Morgan fingerprint density at radius 3 is 1.82 bits per heavy atom. The zero-order chi connectivity index (χ0) is 27.5. The molecule has 0 saturated heterocycles. The van der Waals surface area contributed by atoms with E-state index in [9.17, 15) is 27.6 Å². The summed E-state index contributed by atoms with van der Waals surface area (Å²) in [5.41, 5.74) is 1.05. The minimum absolute atomic E-state index is 0.00887. The van der Waals surface area contributed by atoms with E-state index in [4.69, 9.17) is 9.47 Å². The van der Waals surface area contributed by atoms with Crippen LogP contribution in [0.2, 0.25) is 0 Å². The van der Waals surface area contributed by atoms with E-state index in [-0.39, 0.29) is 19.4 Å². The predicted molar refractivity (Wildman–Crippen MR) is 133 cm³/mol. The Hall–Kier alpha value is -4.34. The lowest BCUT2D eigenvalue weighted by atomic mass is 10.0. The molecule has 2 amide bonds. The van der Waals surface area contributed by atoms with Gasteiger partial charge in [0, 0.05) is 12.8 Å². The van der Waals surface area contributed by atoms with Gasteiger partial charge in [0.25, 0.3) is 0 Å². The average Bonchev–Trinajstić information content (AvgIpc) is 2.91. The molecule has 0 radical (unpaired) electrons. The molecule has 0 unspecified atom stereocenters. The van der Waals surface area contributed by atoms with Crippen LogP contribution in [0.25, 0.3) is 0 Å². The zero-order valence-corrected chi connectivity index (χ0v) is 20.5. The third-order valence-corrected chi connectivity index (χ3v) is 5.63. The van der Waals surface area contributed by atoms with Gasteiger partial charge in [-0.25, -0.2) is 9.59 Å². The van der Waals surface area contributed by atoms with Crippen LogP contribution in [0.4, 0.5) is 18.0 Å². The second kappa shape index (κ2) is 13.3. The number of methoxy groups -OCH3 is 1. The molecule has 0 bridgehead atoms. The number of alkyl halides is 3. The van der Waals surface area contributed by atoms with Crippen molar-refractivity contribution in [3.8, 4) is 0 Å². The number of esters is 1. The smallest absolute Gasteiger partial charge is 0.416 e. The molecular weight excluding hydrogens is 501 g/mol. The average molecular weight is 529 g/mol. The van der Waals surface area contributed by atoms with Gasteiger partial charge in [0.1, 0.15) is 18.7 Å². The van der Waals surface area contributed by atoms with E-state index in [1.165, 1.54) is 12.1 Å². The molecule has 7 nitrogen and oxygen atoms in total.